The molecule has 0 amide bonds. The molecule has 1 aromatic carbocycles. The van der Waals surface area contributed by atoms with Gasteiger partial charge in [0, 0.05) is 6.61 Å². The Morgan fingerprint density at radius 2 is 1.36 bits per heavy atom. The van der Waals surface area contributed by atoms with Crippen LogP contribution in [0.2, 0.25) is 5.02 Å². The SMILES string of the molecule is CCCCCCCCCCCCCCCCCCOC[C@H](CO)OCc1cc(C#N)c(Cl)c(OC)c1.C[O-].[Na+]. The van der Waals surface area contributed by atoms with Crippen LogP contribution < -0.4 is 39.4 Å². The summed E-state index contributed by atoms with van der Waals surface area (Å²) < 4.78 is 16.7. The Labute approximate surface area is 266 Å². The topological polar surface area (TPSA) is 94.8 Å². The van der Waals surface area contributed by atoms with E-state index in [1.54, 1.807) is 12.1 Å². The third kappa shape index (κ3) is 22.0. The zero-order valence-electron chi connectivity index (χ0n) is 25.3. The summed E-state index contributed by atoms with van der Waals surface area (Å²) in [5.41, 5.74) is 1.11. The average molecular weight is 578 g/mol. The molecule has 1 aromatic rings. The largest absolute Gasteiger partial charge is 1.00 e. The molecular formula is C31H53ClNNaO5. The maximum Gasteiger partial charge on any atom is 1.00 e. The molecule has 1 rings (SSSR count). The Morgan fingerprint density at radius 1 is 0.872 bits per heavy atom. The van der Waals surface area contributed by atoms with E-state index < -0.39 is 6.10 Å². The molecule has 1 N–H and O–H groups in total. The van der Waals surface area contributed by atoms with Gasteiger partial charge in [-0.05, 0) is 24.1 Å². The second kappa shape index (κ2) is 30.6. The predicted molar refractivity (Wildman–Crippen MR) is 155 cm³/mol. The maximum absolute atomic E-state index is 9.59. The van der Waals surface area contributed by atoms with E-state index in [9.17, 15) is 10.4 Å². The zero-order chi connectivity index (χ0) is 28.3. The van der Waals surface area contributed by atoms with E-state index >= 15 is 0 Å². The Morgan fingerprint density at radius 3 is 1.79 bits per heavy atom. The molecule has 0 aliphatic rings. The van der Waals surface area contributed by atoms with Gasteiger partial charge in [0.1, 0.15) is 22.9 Å². The van der Waals surface area contributed by atoms with Gasteiger partial charge in [0.05, 0.1) is 32.5 Å². The van der Waals surface area contributed by atoms with Crippen LogP contribution in [0.5, 0.6) is 5.75 Å². The number of aliphatic hydroxyl groups is 1. The van der Waals surface area contributed by atoms with Crippen molar-refractivity contribution < 1.29 is 54.0 Å². The molecule has 0 aromatic heterocycles. The van der Waals surface area contributed by atoms with Gasteiger partial charge in [0.25, 0.3) is 0 Å². The molecule has 220 valence electrons. The van der Waals surface area contributed by atoms with Gasteiger partial charge in [0.2, 0.25) is 0 Å². The first kappa shape index (κ1) is 40.8. The Balaban J connectivity index is 0. The average Bonchev–Trinajstić information content (AvgIpc) is 2.95. The Hall–Kier alpha value is -0.360. The predicted octanol–water partition coefficient (Wildman–Crippen LogP) is 4.36. The molecule has 0 saturated heterocycles. The minimum Gasteiger partial charge on any atom is -0.857 e. The van der Waals surface area contributed by atoms with Gasteiger partial charge in [-0.25, -0.2) is 0 Å². The Kier molecular flexibility index (Phi) is 32.0. The summed E-state index contributed by atoms with van der Waals surface area (Å²) in [6, 6.07) is 5.48. The van der Waals surface area contributed by atoms with Crippen LogP contribution in [0, 0.1) is 11.3 Å². The van der Waals surface area contributed by atoms with Crippen LogP contribution in [-0.2, 0) is 16.1 Å². The number of aliphatic hydroxyl groups excluding tert-OH is 1. The molecule has 0 bridgehead atoms. The van der Waals surface area contributed by atoms with Crippen molar-refractivity contribution in [2.24, 2.45) is 0 Å². The molecule has 1 atom stereocenters. The maximum atomic E-state index is 9.59. The van der Waals surface area contributed by atoms with E-state index in [1.807, 2.05) is 0 Å². The van der Waals surface area contributed by atoms with Crippen molar-refractivity contribution in [2.45, 2.75) is 122 Å². The molecule has 0 heterocycles. The van der Waals surface area contributed by atoms with E-state index in [2.05, 4.69) is 13.0 Å². The summed E-state index contributed by atoms with van der Waals surface area (Å²) in [5.74, 6) is 0.439. The van der Waals surface area contributed by atoms with Crippen LogP contribution >= 0.6 is 11.6 Å². The van der Waals surface area contributed by atoms with Crippen molar-refractivity contribution in [3.8, 4) is 11.8 Å². The molecule has 39 heavy (non-hydrogen) atoms. The smallest absolute Gasteiger partial charge is 0.857 e. The molecule has 0 saturated carbocycles. The first-order valence-electron chi connectivity index (χ1n) is 14.6. The van der Waals surface area contributed by atoms with E-state index in [1.165, 1.54) is 103 Å². The summed E-state index contributed by atoms with van der Waals surface area (Å²) in [6.07, 6.45) is 21.2. The number of benzene rings is 1. The number of unbranched alkanes of at least 4 members (excludes halogenated alkanes) is 15. The molecule has 8 heteroatoms. The van der Waals surface area contributed by atoms with Crippen molar-refractivity contribution in [1.82, 2.24) is 0 Å². The molecule has 0 fully saturated rings. The molecule has 0 unspecified atom stereocenters. The number of methoxy groups -OCH3 is 1. The minimum absolute atomic E-state index is 0. The molecule has 6 nitrogen and oxygen atoms in total. The fourth-order valence-corrected chi connectivity index (χ4v) is 4.53. The van der Waals surface area contributed by atoms with E-state index in [0.29, 0.717) is 29.5 Å². The van der Waals surface area contributed by atoms with Gasteiger partial charge in [-0.2, -0.15) is 12.4 Å². The van der Waals surface area contributed by atoms with Crippen molar-refractivity contribution in [3.63, 3.8) is 0 Å². The summed E-state index contributed by atoms with van der Waals surface area (Å²) >= 11 is 6.11. The standard InChI is InChI=1S/C30H50ClNO4.CH3O.Na/c1-3-4-5-6-7-8-9-10-11-12-13-14-15-16-17-18-19-35-25-28(23-33)36-24-26-20-27(22-32)30(31)29(21-26)34-2;1-2;/h20-21,28,33H,3-19,23-25H2,1-2H3;1H3;/q;-1;+1/t28-;;/m0../s1. The number of ether oxygens (including phenoxy) is 3. The number of rotatable bonds is 24. The third-order valence-electron chi connectivity index (χ3n) is 6.57. The van der Waals surface area contributed by atoms with Gasteiger partial charge in [-0.15, -0.1) is 0 Å². The van der Waals surface area contributed by atoms with Crippen LogP contribution in [-0.4, -0.2) is 45.3 Å². The van der Waals surface area contributed by atoms with Crippen LogP contribution in [0.4, 0.5) is 0 Å². The quantitative estimate of drug-likeness (QED) is 0.145. The van der Waals surface area contributed by atoms with Crippen LogP contribution in [0.3, 0.4) is 0 Å². The number of nitriles is 1. The van der Waals surface area contributed by atoms with Crippen LogP contribution in [0.25, 0.3) is 0 Å². The van der Waals surface area contributed by atoms with Gasteiger partial charge in [0.15, 0.2) is 0 Å². The molecule has 0 aliphatic carbocycles. The molecule has 0 spiro atoms. The number of hydrogen-bond donors (Lipinski definition) is 1. The van der Waals surface area contributed by atoms with Gasteiger partial charge in [-0.3, -0.25) is 0 Å². The van der Waals surface area contributed by atoms with Crippen molar-refractivity contribution in [3.05, 3.63) is 28.3 Å². The van der Waals surface area contributed by atoms with E-state index in [0.717, 1.165) is 19.1 Å². The summed E-state index contributed by atoms with van der Waals surface area (Å²) in [4.78, 5) is 0. The minimum atomic E-state index is -0.404. The summed E-state index contributed by atoms with van der Waals surface area (Å²) in [5, 5.41) is 27.4. The number of halogens is 1. The molecule has 0 radical (unpaired) electrons. The van der Waals surface area contributed by atoms with Gasteiger partial charge < -0.3 is 24.4 Å². The Bertz CT molecular complexity index is 717. The normalized spacial score (nSPS) is 11.2. The fraction of sp³-hybridized carbons (Fsp3) is 0.774. The number of nitrogens with zero attached hydrogens (tertiary/aromatic N) is 1. The van der Waals surface area contributed by atoms with E-state index in [4.69, 9.17) is 30.9 Å². The third-order valence-corrected chi connectivity index (χ3v) is 6.96. The molecule has 0 aliphatic heterocycles. The zero-order valence-corrected chi connectivity index (χ0v) is 28.0. The molecular weight excluding hydrogens is 525 g/mol. The first-order valence-corrected chi connectivity index (χ1v) is 15.0. The van der Waals surface area contributed by atoms with E-state index in [-0.39, 0.29) is 42.8 Å². The van der Waals surface area contributed by atoms with Gasteiger partial charge in [-0.1, -0.05) is 115 Å². The van der Waals surface area contributed by atoms with Crippen molar-refractivity contribution in [1.29, 1.82) is 5.26 Å². The fourth-order valence-electron chi connectivity index (χ4n) is 4.30. The van der Waals surface area contributed by atoms with Crippen molar-refractivity contribution >= 4 is 11.6 Å². The monoisotopic (exact) mass is 577 g/mol. The van der Waals surface area contributed by atoms with Crippen LogP contribution in [0.1, 0.15) is 121 Å². The number of hydrogen-bond acceptors (Lipinski definition) is 6. The van der Waals surface area contributed by atoms with Crippen molar-refractivity contribution in [2.75, 3.05) is 34.0 Å². The van der Waals surface area contributed by atoms with Gasteiger partial charge >= 0.3 is 29.6 Å². The summed E-state index contributed by atoms with van der Waals surface area (Å²) in [7, 11) is 2.26. The van der Waals surface area contributed by atoms with Crippen LogP contribution in [0.15, 0.2) is 12.1 Å². The first-order chi connectivity index (χ1) is 18.7. The second-order valence-electron chi connectivity index (χ2n) is 9.77. The second-order valence-corrected chi connectivity index (χ2v) is 10.1. The summed E-state index contributed by atoms with van der Waals surface area (Å²) in [6.45, 7) is 3.44.